The Morgan fingerprint density at radius 2 is 2.07 bits per heavy atom. The van der Waals surface area contributed by atoms with Gasteiger partial charge in [-0.05, 0) is 67.2 Å². The van der Waals surface area contributed by atoms with E-state index in [1.54, 1.807) is 13.3 Å². The lowest BCUT2D eigenvalue weighted by Gasteiger charge is -2.33. The molecule has 2 heterocycles. The molecule has 2 aromatic heterocycles. The lowest BCUT2D eigenvalue weighted by Crippen LogP contribution is -2.39. The lowest BCUT2D eigenvalue weighted by molar-refractivity contribution is 0.314. The van der Waals surface area contributed by atoms with Crippen LogP contribution in [0.1, 0.15) is 37.6 Å². The molecule has 6 nitrogen and oxygen atoms in total. The summed E-state index contributed by atoms with van der Waals surface area (Å²) < 4.78 is 5.42. The number of nitrogens with one attached hydrogen (secondary N) is 1. The van der Waals surface area contributed by atoms with Gasteiger partial charge < -0.3 is 15.8 Å². The van der Waals surface area contributed by atoms with Crippen molar-refractivity contribution < 1.29 is 4.74 Å². The Morgan fingerprint density at radius 1 is 1.17 bits per heavy atom. The fourth-order valence-corrected chi connectivity index (χ4v) is 3.91. The summed E-state index contributed by atoms with van der Waals surface area (Å²) in [6, 6.07) is 10.4. The third-order valence-electron chi connectivity index (χ3n) is 5.56. The van der Waals surface area contributed by atoms with Crippen molar-refractivity contribution in [3.05, 3.63) is 54.1 Å². The average Bonchev–Trinajstić information content (AvgIpc) is 2.74. The molecule has 3 aromatic rings. The van der Waals surface area contributed by atoms with E-state index >= 15 is 0 Å². The molecule has 0 bridgehead atoms. The highest BCUT2D eigenvalue weighted by atomic mass is 16.5. The summed E-state index contributed by atoms with van der Waals surface area (Å²) in [5.74, 6) is 2.78. The maximum absolute atomic E-state index is 6.14. The van der Waals surface area contributed by atoms with Gasteiger partial charge in [-0.1, -0.05) is 13.0 Å². The maximum Gasteiger partial charge on any atom is 0.154 e. The Morgan fingerprint density at radius 3 is 2.83 bits per heavy atom. The van der Waals surface area contributed by atoms with E-state index < -0.39 is 0 Å². The van der Waals surface area contributed by atoms with Crippen LogP contribution in [0.5, 0.6) is 5.75 Å². The molecule has 3 N–H and O–H groups in total. The summed E-state index contributed by atoms with van der Waals surface area (Å²) >= 11 is 0. The zero-order valence-corrected chi connectivity index (χ0v) is 16.9. The van der Waals surface area contributed by atoms with E-state index in [1.807, 2.05) is 48.7 Å². The molecule has 0 amide bonds. The molecule has 3 unspecified atom stereocenters. The Hall–Kier alpha value is -2.99. The predicted octanol–water partition coefficient (Wildman–Crippen LogP) is 4.13. The number of rotatable bonds is 5. The third-order valence-corrected chi connectivity index (χ3v) is 5.56. The maximum atomic E-state index is 6.14. The zero-order chi connectivity index (χ0) is 20.2. The topological polar surface area (TPSA) is 86.0 Å². The van der Waals surface area contributed by atoms with Crippen LogP contribution < -0.4 is 15.8 Å². The molecule has 0 saturated heterocycles. The van der Waals surface area contributed by atoms with Gasteiger partial charge in [-0.15, -0.1) is 0 Å². The summed E-state index contributed by atoms with van der Waals surface area (Å²) in [6.45, 7) is 2.25. The van der Waals surface area contributed by atoms with Gasteiger partial charge in [0.25, 0.3) is 0 Å². The fraction of sp³-hybridized carbons (Fsp3) is 0.348. The molecule has 29 heavy (non-hydrogen) atoms. The van der Waals surface area contributed by atoms with Crippen LogP contribution in [0.2, 0.25) is 0 Å². The van der Waals surface area contributed by atoms with Crippen LogP contribution >= 0.6 is 0 Å². The Labute approximate surface area is 171 Å². The molecule has 3 atom stereocenters. The first kappa shape index (κ1) is 19.3. The molecule has 0 aliphatic heterocycles. The van der Waals surface area contributed by atoms with Crippen molar-refractivity contribution in [1.82, 2.24) is 15.0 Å². The second-order valence-electron chi connectivity index (χ2n) is 7.73. The zero-order valence-electron chi connectivity index (χ0n) is 16.9. The number of fused-ring (bicyclic) bond motifs is 1. The van der Waals surface area contributed by atoms with Crippen molar-refractivity contribution in [3.63, 3.8) is 0 Å². The minimum atomic E-state index is 0.295. The highest BCUT2D eigenvalue weighted by Gasteiger charge is 2.26. The molecule has 6 heteroatoms. The molecule has 1 aliphatic carbocycles. The monoisotopic (exact) mass is 389 g/mol. The summed E-state index contributed by atoms with van der Waals surface area (Å²) in [5.41, 5.74) is 8.04. The van der Waals surface area contributed by atoms with Crippen molar-refractivity contribution in [2.24, 2.45) is 11.7 Å². The van der Waals surface area contributed by atoms with Crippen LogP contribution in [0.25, 0.3) is 23.1 Å². The van der Waals surface area contributed by atoms with Crippen LogP contribution in [0.15, 0.2) is 42.7 Å². The van der Waals surface area contributed by atoms with Gasteiger partial charge in [0.1, 0.15) is 11.6 Å². The molecular formula is C23H27N5O. The smallest absolute Gasteiger partial charge is 0.154 e. The van der Waals surface area contributed by atoms with Crippen molar-refractivity contribution in [1.29, 1.82) is 0 Å². The second-order valence-corrected chi connectivity index (χ2v) is 7.73. The van der Waals surface area contributed by atoms with Gasteiger partial charge in [0.2, 0.25) is 0 Å². The van der Waals surface area contributed by atoms with Gasteiger partial charge in [0.15, 0.2) is 5.82 Å². The highest BCUT2D eigenvalue weighted by Crippen LogP contribution is 2.30. The van der Waals surface area contributed by atoms with E-state index in [0.29, 0.717) is 23.8 Å². The average molecular weight is 390 g/mol. The number of aromatic nitrogens is 3. The molecule has 4 rings (SSSR count). The minimum absolute atomic E-state index is 0.295. The number of pyridine rings is 1. The van der Waals surface area contributed by atoms with Crippen LogP contribution in [0, 0.1) is 5.92 Å². The standard InChI is InChI=1S/C23H27N5O/c1-15-12-17(24)6-8-20(15)27-23-19-13-18(29-2)7-9-21(19)26-22(28-23)10-5-16-4-3-11-25-14-16/h3-5,7,9-11,13-15,17,20H,6,8,12,24H2,1-2H3,(H,26,27,28)/b10-5+. The fourth-order valence-electron chi connectivity index (χ4n) is 3.91. The predicted molar refractivity (Wildman–Crippen MR) is 118 cm³/mol. The number of hydrogen-bond acceptors (Lipinski definition) is 6. The summed E-state index contributed by atoms with van der Waals surface area (Å²) in [4.78, 5) is 13.7. The van der Waals surface area contributed by atoms with Gasteiger partial charge in [-0.2, -0.15) is 0 Å². The van der Waals surface area contributed by atoms with E-state index in [4.69, 9.17) is 20.4 Å². The second kappa shape index (κ2) is 8.57. The number of anilines is 1. The normalized spacial score (nSPS) is 22.1. The largest absolute Gasteiger partial charge is 0.497 e. The van der Waals surface area contributed by atoms with Crippen LogP contribution in [0.4, 0.5) is 5.82 Å². The Bertz CT molecular complexity index is 1000. The van der Waals surface area contributed by atoms with Gasteiger partial charge in [0.05, 0.1) is 12.6 Å². The molecule has 1 aliphatic rings. The van der Waals surface area contributed by atoms with Gasteiger partial charge >= 0.3 is 0 Å². The first-order valence-corrected chi connectivity index (χ1v) is 10.1. The van der Waals surface area contributed by atoms with Crippen LogP contribution in [-0.2, 0) is 0 Å². The minimum Gasteiger partial charge on any atom is -0.497 e. The van der Waals surface area contributed by atoms with Crippen molar-refractivity contribution in [2.75, 3.05) is 12.4 Å². The molecule has 1 saturated carbocycles. The number of hydrogen-bond donors (Lipinski definition) is 2. The molecular weight excluding hydrogens is 362 g/mol. The van der Waals surface area contributed by atoms with E-state index in [0.717, 1.165) is 47.3 Å². The number of methoxy groups -OCH3 is 1. The summed E-state index contributed by atoms with van der Waals surface area (Å²) in [7, 11) is 1.67. The van der Waals surface area contributed by atoms with Crippen molar-refractivity contribution >= 4 is 28.9 Å². The quantitative estimate of drug-likeness (QED) is 0.682. The van der Waals surface area contributed by atoms with Crippen molar-refractivity contribution in [3.8, 4) is 5.75 Å². The summed E-state index contributed by atoms with van der Waals surface area (Å²) in [5, 5.41) is 4.64. The van der Waals surface area contributed by atoms with Crippen LogP contribution in [-0.4, -0.2) is 34.1 Å². The molecule has 0 radical (unpaired) electrons. The number of ether oxygens (including phenoxy) is 1. The van der Waals surface area contributed by atoms with E-state index in [1.165, 1.54) is 0 Å². The first-order valence-electron chi connectivity index (χ1n) is 10.1. The number of nitrogens with zero attached hydrogens (tertiary/aromatic N) is 3. The van der Waals surface area contributed by atoms with E-state index in [9.17, 15) is 0 Å². The molecule has 1 fully saturated rings. The Balaban J connectivity index is 1.70. The molecule has 0 spiro atoms. The number of nitrogens with two attached hydrogens (primary N) is 1. The van der Waals surface area contributed by atoms with Crippen molar-refractivity contribution in [2.45, 2.75) is 38.3 Å². The van der Waals surface area contributed by atoms with Gasteiger partial charge in [-0.25, -0.2) is 9.97 Å². The van der Waals surface area contributed by atoms with Gasteiger partial charge in [0, 0.05) is 29.9 Å². The lowest BCUT2D eigenvalue weighted by atomic mass is 9.83. The molecule has 150 valence electrons. The van der Waals surface area contributed by atoms with E-state index in [-0.39, 0.29) is 0 Å². The highest BCUT2D eigenvalue weighted by molar-refractivity contribution is 5.91. The number of benzene rings is 1. The van der Waals surface area contributed by atoms with Crippen LogP contribution in [0.3, 0.4) is 0 Å². The Kier molecular flexibility index (Phi) is 5.71. The molecule has 1 aromatic carbocycles. The van der Waals surface area contributed by atoms with E-state index in [2.05, 4.69) is 17.2 Å². The first-order chi connectivity index (χ1) is 14.1. The van der Waals surface area contributed by atoms with Gasteiger partial charge in [-0.3, -0.25) is 4.98 Å². The summed E-state index contributed by atoms with van der Waals surface area (Å²) in [6.07, 6.45) is 10.6. The third kappa shape index (κ3) is 4.54. The SMILES string of the molecule is COc1ccc2nc(/C=C/c3cccnc3)nc(NC3CCC(N)CC3C)c2c1.